The molecule has 0 radical (unpaired) electrons. The number of hydrogen-bond donors (Lipinski definition) is 1. The van der Waals surface area contributed by atoms with Gasteiger partial charge in [0.1, 0.15) is 0 Å². The zero-order valence-electron chi connectivity index (χ0n) is 10.0. The van der Waals surface area contributed by atoms with Gasteiger partial charge in [0, 0.05) is 30.1 Å². The van der Waals surface area contributed by atoms with Gasteiger partial charge in [-0.1, -0.05) is 13.0 Å². The van der Waals surface area contributed by atoms with Crippen LogP contribution in [0.5, 0.6) is 0 Å². The average Bonchev–Trinajstić information content (AvgIpc) is 2.82. The molecule has 1 saturated heterocycles. The smallest absolute Gasteiger partial charge is 0.246 e. The van der Waals surface area contributed by atoms with Crippen molar-refractivity contribution in [1.82, 2.24) is 4.90 Å². The molecule has 1 aliphatic rings. The number of rotatable bonds is 2. The lowest BCUT2D eigenvalue weighted by molar-refractivity contribution is -0.127. The van der Waals surface area contributed by atoms with Gasteiger partial charge in [0.05, 0.1) is 0 Å². The SMILES string of the molecule is CC1CN(C(=O)C=Cc2cccs2)CCC1N. The zero-order valence-corrected chi connectivity index (χ0v) is 10.8. The fourth-order valence-corrected chi connectivity index (χ4v) is 2.63. The molecule has 1 fully saturated rings. The lowest BCUT2D eigenvalue weighted by atomic mass is 9.95. The van der Waals surface area contributed by atoms with Gasteiger partial charge in [-0.05, 0) is 29.9 Å². The third-order valence-electron chi connectivity index (χ3n) is 3.22. The van der Waals surface area contributed by atoms with E-state index in [0.717, 1.165) is 24.4 Å². The summed E-state index contributed by atoms with van der Waals surface area (Å²) in [6, 6.07) is 4.22. The predicted octanol–water partition coefficient (Wildman–Crippen LogP) is 1.96. The Morgan fingerprint density at radius 2 is 2.47 bits per heavy atom. The van der Waals surface area contributed by atoms with Crippen molar-refractivity contribution in [2.45, 2.75) is 19.4 Å². The Bertz CT molecular complexity index is 400. The first-order valence-electron chi connectivity index (χ1n) is 5.93. The molecule has 1 aromatic rings. The van der Waals surface area contributed by atoms with Crippen molar-refractivity contribution in [1.29, 1.82) is 0 Å². The maximum Gasteiger partial charge on any atom is 0.246 e. The number of likely N-dealkylation sites (tertiary alicyclic amines) is 1. The predicted molar refractivity (Wildman–Crippen MR) is 71.7 cm³/mol. The van der Waals surface area contributed by atoms with Gasteiger partial charge in [-0.15, -0.1) is 11.3 Å². The van der Waals surface area contributed by atoms with E-state index in [0.29, 0.717) is 5.92 Å². The molecule has 2 N–H and O–H groups in total. The second-order valence-electron chi connectivity index (χ2n) is 4.56. The van der Waals surface area contributed by atoms with Crippen molar-refractivity contribution in [2.24, 2.45) is 11.7 Å². The van der Waals surface area contributed by atoms with Crippen LogP contribution in [0.1, 0.15) is 18.2 Å². The molecule has 3 nitrogen and oxygen atoms in total. The fraction of sp³-hybridized carbons (Fsp3) is 0.462. The molecule has 2 unspecified atom stereocenters. The minimum atomic E-state index is 0.0946. The van der Waals surface area contributed by atoms with E-state index >= 15 is 0 Å². The van der Waals surface area contributed by atoms with E-state index in [1.165, 1.54) is 0 Å². The van der Waals surface area contributed by atoms with E-state index in [2.05, 4.69) is 6.92 Å². The van der Waals surface area contributed by atoms with Gasteiger partial charge < -0.3 is 10.6 Å². The average molecular weight is 250 g/mol. The van der Waals surface area contributed by atoms with Gasteiger partial charge in [0.25, 0.3) is 0 Å². The lowest BCUT2D eigenvalue weighted by Gasteiger charge is -2.34. The fourth-order valence-electron chi connectivity index (χ4n) is 2.01. The molecule has 17 heavy (non-hydrogen) atoms. The Kier molecular flexibility index (Phi) is 3.97. The minimum Gasteiger partial charge on any atom is -0.339 e. The van der Waals surface area contributed by atoms with Gasteiger partial charge in [0.2, 0.25) is 5.91 Å². The first-order chi connectivity index (χ1) is 8.16. The normalized spacial score (nSPS) is 25.4. The number of amides is 1. The molecule has 2 atom stereocenters. The second kappa shape index (κ2) is 5.47. The second-order valence-corrected chi connectivity index (χ2v) is 5.54. The molecular formula is C13H18N2OS. The molecular weight excluding hydrogens is 232 g/mol. The highest BCUT2D eigenvalue weighted by Crippen LogP contribution is 2.16. The topological polar surface area (TPSA) is 46.3 Å². The van der Waals surface area contributed by atoms with Crippen LogP contribution in [0.15, 0.2) is 23.6 Å². The Labute approximate surface area is 106 Å². The van der Waals surface area contributed by atoms with Gasteiger partial charge >= 0.3 is 0 Å². The van der Waals surface area contributed by atoms with Crippen molar-refractivity contribution in [3.05, 3.63) is 28.5 Å². The van der Waals surface area contributed by atoms with Crippen molar-refractivity contribution in [2.75, 3.05) is 13.1 Å². The molecule has 0 spiro atoms. The van der Waals surface area contributed by atoms with Crippen molar-refractivity contribution < 1.29 is 4.79 Å². The summed E-state index contributed by atoms with van der Waals surface area (Å²) < 4.78 is 0. The first-order valence-corrected chi connectivity index (χ1v) is 6.81. The summed E-state index contributed by atoms with van der Waals surface area (Å²) >= 11 is 1.63. The Morgan fingerprint density at radius 1 is 1.65 bits per heavy atom. The maximum atomic E-state index is 11.9. The highest BCUT2D eigenvalue weighted by molar-refractivity contribution is 7.10. The van der Waals surface area contributed by atoms with Crippen LogP contribution in [0.4, 0.5) is 0 Å². The quantitative estimate of drug-likeness (QED) is 0.816. The van der Waals surface area contributed by atoms with Crippen LogP contribution in [-0.2, 0) is 4.79 Å². The number of thiophene rings is 1. The molecule has 2 rings (SSSR count). The van der Waals surface area contributed by atoms with Gasteiger partial charge in [-0.25, -0.2) is 0 Å². The zero-order chi connectivity index (χ0) is 12.3. The van der Waals surface area contributed by atoms with Crippen LogP contribution in [0.3, 0.4) is 0 Å². The molecule has 2 heterocycles. The lowest BCUT2D eigenvalue weighted by Crippen LogP contribution is -2.47. The first kappa shape index (κ1) is 12.3. The molecule has 0 aliphatic carbocycles. The molecule has 92 valence electrons. The molecule has 1 amide bonds. The van der Waals surface area contributed by atoms with E-state index in [1.807, 2.05) is 28.5 Å². The highest BCUT2D eigenvalue weighted by atomic mass is 32.1. The summed E-state index contributed by atoms with van der Waals surface area (Å²) in [6.07, 6.45) is 4.45. The summed E-state index contributed by atoms with van der Waals surface area (Å²) in [4.78, 5) is 14.9. The van der Waals surface area contributed by atoms with E-state index in [-0.39, 0.29) is 11.9 Å². The van der Waals surface area contributed by atoms with E-state index in [4.69, 9.17) is 5.73 Å². The third-order valence-corrected chi connectivity index (χ3v) is 4.05. The summed E-state index contributed by atoms with van der Waals surface area (Å²) in [6.45, 7) is 3.65. The number of hydrogen-bond acceptors (Lipinski definition) is 3. The van der Waals surface area contributed by atoms with Crippen LogP contribution in [0, 0.1) is 5.92 Å². The summed E-state index contributed by atoms with van der Waals surface area (Å²) in [5, 5.41) is 2.01. The van der Waals surface area contributed by atoms with Crippen LogP contribution in [-0.4, -0.2) is 29.9 Å². The molecule has 0 bridgehead atoms. The molecule has 1 aliphatic heterocycles. The largest absolute Gasteiger partial charge is 0.339 e. The van der Waals surface area contributed by atoms with Crippen LogP contribution < -0.4 is 5.73 Å². The van der Waals surface area contributed by atoms with Gasteiger partial charge in [0.15, 0.2) is 0 Å². The summed E-state index contributed by atoms with van der Waals surface area (Å²) in [7, 11) is 0. The highest BCUT2D eigenvalue weighted by Gasteiger charge is 2.24. The van der Waals surface area contributed by atoms with E-state index < -0.39 is 0 Å². The number of nitrogens with zero attached hydrogens (tertiary/aromatic N) is 1. The Balaban J connectivity index is 1.92. The van der Waals surface area contributed by atoms with E-state index in [1.54, 1.807) is 17.4 Å². The van der Waals surface area contributed by atoms with Crippen LogP contribution in [0.25, 0.3) is 6.08 Å². The minimum absolute atomic E-state index is 0.0946. The van der Waals surface area contributed by atoms with E-state index in [9.17, 15) is 4.79 Å². The van der Waals surface area contributed by atoms with Gasteiger partial charge in [-0.3, -0.25) is 4.79 Å². The summed E-state index contributed by atoms with van der Waals surface area (Å²) in [5.41, 5.74) is 5.94. The Hall–Kier alpha value is -1.13. The van der Waals surface area contributed by atoms with Crippen molar-refractivity contribution in [3.8, 4) is 0 Å². The number of carbonyl (C=O) groups excluding carboxylic acids is 1. The molecule has 0 saturated carbocycles. The maximum absolute atomic E-state index is 11.9. The summed E-state index contributed by atoms with van der Waals surface area (Å²) in [5.74, 6) is 0.486. The molecule has 4 heteroatoms. The standard InChI is InChI=1S/C13H18N2OS/c1-10-9-15(7-6-12(10)14)13(16)5-4-11-3-2-8-17-11/h2-5,8,10,12H,6-7,9,14H2,1H3. The number of nitrogens with two attached hydrogens (primary N) is 1. The van der Waals surface area contributed by atoms with Crippen molar-refractivity contribution >= 4 is 23.3 Å². The van der Waals surface area contributed by atoms with Crippen LogP contribution in [0.2, 0.25) is 0 Å². The monoisotopic (exact) mass is 250 g/mol. The molecule has 0 aromatic carbocycles. The number of piperidine rings is 1. The Morgan fingerprint density at radius 3 is 3.12 bits per heavy atom. The third kappa shape index (κ3) is 3.17. The number of carbonyl (C=O) groups is 1. The van der Waals surface area contributed by atoms with Gasteiger partial charge in [-0.2, -0.15) is 0 Å². The van der Waals surface area contributed by atoms with Crippen LogP contribution >= 0.6 is 11.3 Å². The molecule has 1 aromatic heterocycles. The van der Waals surface area contributed by atoms with Crippen molar-refractivity contribution in [3.63, 3.8) is 0 Å².